The molecular weight excluding hydrogens is 349 g/mol. The molecule has 4 rings (SSSR count). The fourth-order valence-corrected chi connectivity index (χ4v) is 4.04. The zero-order valence-electron chi connectivity index (χ0n) is 15.4. The summed E-state index contributed by atoms with van der Waals surface area (Å²) in [4.78, 5) is 30.8. The summed E-state index contributed by atoms with van der Waals surface area (Å²) in [5.74, 6) is -0.203. The quantitative estimate of drug-likeness (QED) is 0.813. The van der Waals surface area contributed by atoms with Gasteiger partial charge in [0.1, 0.15) is 5.82 Å². The molecule has 7 heteroatoms. The summed E-state index contributed by atoms with van der Waals surface area (Å²) in [6.45, 7) is 3.60. The van der Waals surface area contributed by atoms with E-state index < -0.39 is 0 Å². The second-order valence-corrected chi connectivity index (χ2v) is 7.45. The highest BCUT2D eigenvalue weighted by Crippen LogP contribution is 2.34. The first-order chi connectivity index (χ1) is 12.9. The molecule has 3 heterocycles. The number of hydrogen-bond acceptors (Lipinski definition) is 4. The normalized spacial score (nSPS) is 23.4. The molecule has 0 saturated carbocycles. The van der Waals surface area contributed by atoms with Gasteiger partial charge in [-0.25, -0.2) is 4.39 Å². The highest BCUT2D eigenvalue weighted by atomic mass is 19.1. The molecule has 1 spiro atoms. The minimum absolute atomic E-state index is 0.0691. The average Bonchev–Trinajstić information content (AvgIpc) is 3.25. The number of benzene rings is 1. The van der Waals surface area contributed by atoms with E-state index in [0.717, 1.165) is 12.0 Å². The van der Waals surface area contributed by atoms with E-state index in [1.165, 1.54) is 18.4 Å². The lowest BCUT2D eigenvalue weighted by Gasteiger charge is -2.46. The van der Waals surface area contributed by atoms with Crippen molar-refractivity contribution in [1.29, 1.82) is 0 Å². The Morgan fingerprint density at radius 3 is 2.78 bits per heavy atom. The number of likely N-dealkylation sites (N-methyl/N-ethyl adjacent to an activating group) is 1. The highest BCUT2D eigenvalue weighted by Gasteiger charge is 2.49. The SMILES string of the molecule is Cc1ccoc1C(=O)N1CC[C@]2(C1)CN(c1cccc(F)c1)C(=O)CN2C. The number of rotatable bonds is 2. The molecule has 2 aromatic rings. The van der Waals surface area contributed by atoms with E-state index in [9.17, 15) is 14.0 Å². The van der Waals surface area contributed by atoms with Crippen molar-refractivity contribution in [3.63, 3.8) is 0 Å². The molecule has 2 aliphatic rings. The van der Waals surface area contributed by atoms with Gasteiger partial charge in [0.05, 0.1) is 18.3 Å². The van der Waals surface area contributed by atoms with Crippen molar-refractivity contribution < 1.29 is 18.4 Å². The predicted octanol–water partition coefficient (Wildman–Crippen LogP) is 2.29. The van der Waals surface area contributed by atoms with Crippen LogP contribution in [0.4, 0.5) is 10.1 Å². The Kier molecular flexibility index (Phi) is 4.26. The first-order valence-electron chi connectivity index (χ1n) is 9.00. The van der Waals surface area contributed by atoms with Gasteiger partial charge in [0, 0.05) is 30.9 Å². The number of carbonyl (C=O) groups excluding carboxylic acids is 2. The Morgan fingerprint density at radius 2 is 2.07 bits per heavy atom. The lowest BCUT2D eigenvalue weighted by molar-refractivity contribution is -0.123. The number of anilines is 1. The number of carbonyl (C=O) groups is 2. The van der Waals surface area contributed by atoms with Gasteiger partial charge >= 0.3 is 0 Å². The topological polar surface area (TPSA) is 57.0 Å². The van der Waals surface area contributed by atoms with E-state index in [4.69, 9.17) is 4.42 Å². The van der Waals surface area contributed by atoms with Gasteiger partial charge < -0.3 is 14.2 Å². The van der Waals surface area contributed by atoms with Crippen LogP contribution in [0.1, 0.15) is 22.5 Å². The van der Waals surface area contributed by atoms with Crippen molar-refractivity contribution in [3.05, 3.63) is 53.7 Å². The third-order valence-electron chi connectivity index (χ3n) is 5.73. The standard InChI is InChI=1S/C20H22FN3O3/c1-14-6-9-27-18(14)19(26)23-8-7-20(12-23)13-24(17(25)11-22(20)2)16-5-3-4-15(21)10-16/h3-6,9-10H,7-8,11-13H2,1-2H3/t20-/m0/s1. The predicted molar refractivity (Wildman–Crippen MR) is 98.1 cm³/mol. The van der Waals surface area contributed by atoms with Crippen molar-refractivity contribution in [1.82, 2.24) is 9.80 Å². The lowest BCUT2D eigenvalue weighted by atomic mass is 9.92. The highest BCUT2D eigenvalue weighted by molar-refractivity contribution is 5.96. The van der Waals surface area contributed by atoms with Crippen molar-refractivity contribution >= 4 is 17.5 Å². The van der Waals surface area contributed by atoms with Gasteiger partial charge in [0.25, 0.3) is 5.91 Å². The first kappa shape index (κ1) is 17.7. The second-order valence-electron chi connectivity index (χ2n) is 7.45. The number of halogens is 1. The molecule has 1 aromatic carbocycles. The molecule has 2 aliphatic heterocycles. The van der Waals surface area contributed by atoms with Crippen molar-refractivity contribution in [2.45, 2.75) is 18.9 Å². The fraction of sp³-hybridized carbons (Fsp3) is 0.400. The molecule has 142 valence electrons. The van der Waals surface area contributed by atoms with Crippen LogP contribution in [0, 0.1) is 12.7 Å². The molecule has 1 aromatic heterocycles. The Balaban J connectivity index is 1.58. The molecule has 0 unspecified atom stereocenters. The number of amides is 2. The van der Waals surface area contributed by atoms with Crippen LogP contribution >= 0.6 is 0 Å². The number of furan rings is 1. The molecule has 2 amide bonds. The van der Waals surface area contributed by atoms with Crippen LogP contribution in [0.2, 0.25) is 0 Å². The molecule has 6 nitrogen and oxygen atoms in total. The number of piperazine rings is 1. The third kappa shape index (κ3) is 3.02. The van der Waals surface area contributed by atoms with Gasteiger partial charge in [-0.15, -0.1) is 0 Å². The second kappa shape index (κ2) is 6.49. The Morgan fingerprint density at radius 1 is 1.26 bits per heavy atom. The van der Waals surface area contributed by atoms with E-state index in [2.05, 4.69) is 0 Å². The summed E-state index contributed by atoms with van der Waals surface area (Å²) >= 11 is 0. The van der Waals surface area contributed by atoms with Crippen molar-refractivity contribution in [2.24, 2.45) is 0 Å². The minimum Gasteiger partial charge on any atom is -0.459 e. The van der Waals surface area contributed by atoms with Gasteiger partial charge in [-0.05, 0) is 44.7 Å². The molecule has 1 atom stereocenters. The Hall–Kier alpha value is -2.67. The number of hydrogen-bond donors (Lipinski definition) is 0. The zero-order chi connectivity index (χ0) is 19.2. The first-order valence-corrected chi connectivity index (χ1v) is 9.00. The van der Waals surface area contributed by atoms with E-state index in [1.807, 2.05) is 18.9 Å². The van der Waals surface area contributed by atoms with E-state index >= 15 is 0 Å². The van der Waals surface area contributed by atoms with Gasteiger partial charge in [0.2, 0.25) is 5.91 Å². The maximum Gasteiger partial charge on any atom is 0.289 e. The van der Waals surface area contributed by atoms with Crippen LogP contribution in [-0.4, -0.2) is 60.4 Å². The summed E-state index contributed by atoms with van der Waals surface area (Å²) in [7, 11) is 1.91. The van der Waals surface area contributed by atoms with E-state index in [-0.39, 0.29) is 29.7 Å². The summed E-state index contributed by atoms with van der Waals surface area (Å²) < 4.78 is 19.0. The van der Waals surface area contributed by atoms with Crippen molar-refractivity contribution in [3.8, 4) is 0 Å². The van der Waals surface area contributed by atoms with Crippen LogP contribution in [0.25, 0.3) is 0 Å². The molecule has 0 N–H and O–H groups in total. The Labute approximate surface area is 157 Å². The fourth-order valence-electron chi connectivity index (χ4n) is 4.04. The maximum absolute atomic E-state index is 13.6. The monoisotopic (exact) mass is 371 g/mol. The Bertz CT molecular complexity index is 896. The summed E-state index contributed by atoms with van der Waals surface area (Å²) in [5.41, 5.74) is 1.02. The average molecular weight is 371 g/mol. The molecule has 0 bridgehead atoms. The summed E-state index contributed by atoms with van der Waals surface area (Å²) in [5, 5.41) is 0. The number of aryl methyl sites for hydroxylation is 1. The maximum atomic E-state index is 13.6. The van der Waals surface area contributed by atoms with Gasteiger partial charge in [-0.3, -0.25) is 14.5 Å². The van der Waals surface area contributed by atoms with Gasteiger partial charge in [0.15, 0.2) is 5.76 Å². The van der Waals surface area contributed by atoms with Crippen LogP contribution in [-0.2, 0) is 4.79 Å². The number of likely N-dealkylation sites (tertiary alicyclic amines) is 1. The number of nitrogens with zero attached hydrogens (tertiary/aromatic N) is 3. The van der Waals surface area contributed by atoms with E-state index in [1.54, 1.807) is 28.0 Å². The third-order valence-corrected chi connectivity index (χ3v) is 5.73. The molecule has 27 heavy (non-hydrogen) atoms. The summed E-state index contributed by atoms with van der Waals surface area (Å²) in [6, 6.07) is 7.86. The largest absolute Gasteiger partial charge is 0.459 e. The summed E-state index contributed by atoms with van der Waals surface area (Å²) in [6.07, 6.45) is 2.26. The molecular formula is C20H22FN3O3. The van der Waals surface area contributed by atoms with Crippen LogP contribution < -0.4 is 4.90 Å². The zero-order valence-corrected chi connectivity index (χ0v) is 15.4. The molecule has 2 fully saturated rings. The molecule has 0 radical (unpaired) electrons. The van der Waals surface area contributed by atoms with Crippen molar-refractivity contribution in [2.75, 3.05) is 38.1 Å². The van der Waals surface area contributed by atoms with Gasteiger partial charge in [-0.2, -0.15) is 0 Å². The van der Waals surface area contributed by atoms with E-state index in [0.29, 0.717) is 31.1 Å². The lowest BCUT2D eigenvalue weighted by Crippen LogP contribution is -2.64. The van der Waals surface area contributed by atoms with Gasteiger partial charge in [-0.1, -0.05) is 6.07 Å². The minimum atomic E-state index is -0.371. The van der Waals surface area contributed by atoms with Crippen LogP contribution in [0.15, 0.2) is 41.0 Å². The van der Waals surface area contributed by atoms with Crippen LogP contribution in [0.3, 0.4) is 0 Å². The smallest absolute Gasteiger partial charge is 0.289 e. The molecule has 0 aliphatic carbocycles. The molecule has 2 saturated heterocycles. The van der Waals surface area contributed by atoms with Crippen LogP contribution in [0.5, 0.6) is 0 Å².